The standard InChI is InChI=1S/C14H18O2/c1-3-4-10-13(14(15)16)11(2)12-8-6-5-7-9-12/h5-9H,3-4,10H2,1-2H3,(H,15,16)/b13-11+. The zero-order valence-electron chi connectivity index (χ0n) is 9.86. The molecule has 0 aliphatic heterocycles. The summed E-state index contributed by atoms with van der Waals surface area (Å²) in [4.78, 5) is 11.2. The first-order valence-electron chi connectivity index (χ1n) is 5.65. The van der Waals surface area contributed by atoms with E-state index in [0.29, 0.717) is 12.0 Å². The number of hydrogen-bond donors (Lipinski definition) is 1. The summed E-state index contributed by atoms with van der Waals surface area (Å²) < 4.78 is 0. The van der Waals surface area contributed by atoms with Crippen LogP contribution in [0.1, 0.15) is 38.7 Å². The zero-order valence-corrected chi connectivity index (χ0v) is 9.86. The van der Waals surface area contributed by atoms with Gasteiger partial charge in [0.1, 0.15) is 0 Å². The minimum atomic E-state index is -0.796. The molecule has 1 N–H and O–H groups in total. The number of aliphatic carboxylic acids is 1. The summed E-state index contributed by atoms with van der Waals surface area (Å²) in [6.45, 7) is 3.95. The van der Waals surface area contributed by atoms with E-state index in [0.717, 1.165) is 24.0 Å². The number of allylic oxidation sites excluding steroid dienone is 1. The van der Waals surface area contributed by atoms with Gasteiger partial charge in [0.05, 0.1) is 0 Å². The van der Waals surface area contributed by atoms with Crippen LogP contribution in [0, 0.1) is 0 Å². The first-order chi connectivity index (χ1) is 7.66. The molecule has 0 radical (unpaired) electrons. The number of carbonyl (C=O) groups is 1. The second-order valence-electron chi connectivity index (χ2n) is 3.88. The Bertz CT molecular complexity index is 377. The Morgan fingerprint density at radius 3 is 2.38 bits per heavy atom. The molecule has 1 aromatic rings. The minimum Gasteiger partial charge on any atom is -0.478 e. The summed E-state index contributed by atoms with van der Waals surface area (Å²) in [5.41, 5.74) is 2.41. The average Bonchev–Trinajstić information content (AvgIpc) is 2.30. The third-order valence-electron chi connectivity index (χ3n) is 2.70. The lowest BCUT2D eigenvalue weighted by atomic mass is 9.98. The predicted octanol–water partition coefficient (Wildman–Crippen LogP) is 3.73. The van der Waals surface area contributed by atoms with E-state index >= 15 is 0 Å². The highest BCUT2D eigenvalue weighted by Crippen LogP contribution is 2.21. The summed E-state index contributed by atoms with van der Waals surface area (Å²) in [5.74, 6) is -0.796. The minimum absolute atomic E-state index is 0.535. The lowest BCUT2D eigenvalue weighted by molar-refractivity contribution is -0.132. The maximum atomic E-state index is 11.2. The van der Waals surface area contributed by atoms with Crippen LogP contribution in [0.25, 0.3) is 5.57 Å². The summed E-state index contributed by atoms with van der Waals surface area (Å²) in [7, 11) is 0. The summed E-state index contributed by atoms with van der Waals surface area (Å²) in [6.07, 6.45) is 2.58. The molecule has 0 bridgehead atoms. The normalized spacial score (nSPS) is 12.1. The molecule has 16 heavy (non-hydrogen) atoms. The molecule has 0 unspecified atom stereocenters. The smallest absolute Gasteiger partial charge is 0.331 e. The first-order valence-corrected chi connectivity index (χ1v) is 5.65. The zero-order chi connectivity index (χ0) is 12.0. The highest BCUT2D eigenvalue weighted by atomic mass is 16.4. The molecule has 2 heteroatoms. The summed E-state index contributed by atoms with van der Waals surface area (Å²) in [6, 6.07) is 9.69. The predicted molar refractivity (Wildman–Crippen MR) is 66.2 cm³/mol. The molecule has 0 spiro atoms. The van der Waals surface area contributed by atoms with Crippen molar-refractivity contribution in [3.05, 3.63) is 41.5 Å². The van der Waals surface area contributed by atoms with Gasteiger partial charge in [0.25, 0.3) is 0 Å². The number of benzene rings is 1. The van der Waals surface area contributed by atoms with Crippen LogP contribution >= 0.6 is 0 Å². The van der Waals surface area contributed by atoms with Crippen LogP contribution in [0.4, 0.5) is 0 Å². The van der Waals surface area contributed by atoms with Crippen molar-refractivity contribution in [3.8, 4) is 0 Å². The van der Waals surface area contributed by atoms with E-state index in [2.05, 4.69) is 6.92 Å². The van der Waals surface area contributed by atoms with Crippen molar-refractivity contribution in [2.24, 2.45) is 0 Å². The van der Waals surface area contributed by atoms with Crippen LogP contribution in [0.5, 0.6) is 0 Å². The Hall–Kier alpha value is -1.57. The van der Waals surface area contributed by atoms with Gasteiger partial charge < -0.3 is 5.11 Å². The van der Waals surface area contributed by atoms with E-state index in [-0.39, 0.29) is 0 Å². The van der Waals surface area contributed by atoms with E-state index in [1.54, 1.807) is 0 Å². The van der Waals surface area contributed by atoms with Crippen molar-refractivity contribution in [1.82, 2.24) is 0 Å². The fourth-order valence-corrected chi connectivity index (χ4v) is 1.67. The van der Waals surface area contributed by atoms with Crippen LogP contribution in [-0.2, 0) is 4.79 Å². The van der Waals surface area contributed by atoms with Crippen LogP contribution in [0.15, 0.2) is 35.9 Å². The van der Waals surface area contributed by atoms with Crippen molar-refractivity contribution in [2.45, 2.75) is 33.1 Å². The van der Waals surface area contributed by atoms with E-state index in [1.165, 1.54) is 0 Å². The van der Waals surface area contributed by atoms with Gasteiger partial charge in [0.15, 0.2) is 0 Å². The Morgan fingerprint density at radius 2 is 1.88 bits per heavy atom. The Kier molecular flexibility index (Phi) is 4.77. The number of carboxylic acid groups (broad SMARTS) is 1. The largest absolute Gasteiger partial charge is 0.478 e. The molecule has 0 aromatic heterocycles. The molecule has 0 fully saturated rings. The van der Waals surface area contributed by atoms with Gasteiger partial charge >= 0.3 is 5.97 Å². The second kappa shape index (κ2) is 6.11. The topological polar surface area (TPSA) is 37.3 Å². The molecular weight excluding hydrogens is 200 g/mol. The van der Waals surface area contributed by atoms with Crippen LogP contribution in [0.2, 0.25) is 0 Å². The van der Waals surface area contributed by atoms with Gasteiger partial charge in [-0.25, -0.2) is 4.79 Å². The van der Waals surface area contributed by atoms with Gasteiger partial charge in [-0.2, -0.15) is 0 Å². The molecule has 0 atom stereocenters. The molecule has 1 rings (SSSR count). The highest BCUT2D eigenvalue weighted by Gasteiger charge is 2.11. The fraction of sp³-hybridized carbons (Fsp3) is 0.357. The van der Waals surface area contributed by atoms with E-state index in [9.17, 15) is 9.90 Å². The van der Waals surface area contributed by atoms with Crippen molar-refractivity contribution in [2.75, 3.05) is 0 Å². The molecule has 0 amide bonds. The van der Waals surface area contributed by atoms with Crippen molar-refractivity contribution in [3.63, 3.8) is 0 Å². The average molecular weight is 218 g/mol. The number of unbranched alkanes of at least 4 members (excludes halogenated alkanes) is 1. The molecule has 0 aliphatic carbocycles. The molecule has 2 nitrogen and oxygen atoms in total. The highest BCUT2D eigenvalue weighted by molar-refractivity contribution is 5.95. The Morgan fingerprint density at radius 1 is 1.25 bits per heavy atom. The quantitative estimate of drug-likeness (QED) is 0.764. The van der Waals surface area contributed by atoms with Crippen molar-refractivity contribution < 1.29 is 9.90 Å². The molecule has 86 valence electrons. The van der Waals surface area contributed by atoms with Gasteiger partial charge in [0, 0.05) is 5.57 Å². The van der Waals surface area contributed by atoms with Crippen molar-refractivity contribution in [1.29, 1.82) is 0 Å². The monoisotopic (exact) mass is 218 g/mol. The second-order valence-corrected chi connectivity index (χ2v) is 3.88. The van der Waals surface area contributed by atoms with E-state index in [4.69, 9.17) is 0 Å². The van der Waals surface area contributed by atoms with Gasteiger partial charge in [-0.05, 0) is 30.9 Å². The van der Waals surface area contributed by atoms with Crippen LogP contribution in [0.3, 0.4) is 0 Å². The number of rotatable bonds is 5. The van der Waals surface area contributed by atoms with Crippen molar-refractivity contribution >= 4 is 11.5 Å². The van der Waals surface area contributed by atoms with Crippen LogP contribution in [-0.4, -0.2) is 11.1 Å². The van der Waals surface area contributed by atoms with Gasteiger partial charge in [-0.3, -0.25) is 0 Å². The van der Waals surface area contributed by atoms with E-state index in [1.807, 2.05) is 37.3 Å². The van der Waals surface area contributed by atoms with Gasteiger partial charge in [-0.1, -0.05) is 43.7 Å². The van der Waals surface area contributed by atoms with Gasteiger partial charge in [0.2, 0.25) is 0 Å². The number of hydrogen-bond acceptors (Lipinski definition) is 1. The maximum Gasteiger partial charge on any atom is 0.331 e. The summed E-state index contributed by atoms with van der Waals surface area (Å²) >= 11 is 0. The molecular formula is C14H18O2. The molecule has 0 saturated carbocycles. The fourth-order valence-electron chi connectivity index (χ4n) is 1.67. The Labute approximate surface area is 96.6 Å². The lowest BCUT2D eigenvalue weighted by Gasteiger charge is -2.08. The first kappa shape index (κ1) is 12.5. The number of carboxylic acids is 1. The summed E-state index contributed by atoms with van der Waals surface area (Å²) in [5, 5.41) is 9.17. The molecule has 0 heterocycles. The third-order valence-corrected chi connectivity index (χ3v) is 2.70. The Balaban J connectivity index is 3.01. The van der Waals surface area contributed by atoms with E-state index < -0.39 is 5.97 Å². The van der Waals surface area contributed by atoms with Gasteiger partial charge in [-0.15, -0.1) is 0 Å². The SMILES string of the molecule is CCCC/C(C(=O)O)=C(/C)c1ccccc1. The molecule has 0 saturated heterocycles. The van der Waals surface area contributed by atoms with Crippen LogP contribution < -0.4 is 0 Å². The molecule has 0 aliphatic rings. The molecule has 1 aromatic carbocycles. The lowest BCUT2D eigenvalue weighted by Crippen LogP contribution is -2.03. The third kappa shape index (κ3) is 3.23. The maximum absolute atomic E-state index is 11.2.